The van der Waals surface area contributed by atoms with Crippen LogP contribution in [0.2, 0.25) is 0 Å². The van der Waals surface area contributed by atoms with Gasteiger partial charge in [0.1, 0.15) is 0 Å². The lowest BCUT2D eigenvalue weighted by Crippen LogP contribution is -2.32. The van der Waals surface area contributed by atoms with Crippen molar-refractivity contribution in [2.75, 3.05) is 6.61 Å². The van der Waals surface area contributed by atoms with Gasteiger partial charge in [0.05, 0.1) is 6.10 Å². The minimum Gasteiger partial charge on any atom is -0.377 e. The highest BCUT2D eigenvalue weighted by Crippen LogP contribution is 2.28. The molecule has 0 aromatic rings. The second kappa shape index (κ2) is 2.91. The van der Waals surface area contributed by atoms with Gasteiger partial charge in [-0.05, 0) is 18.3 Å². The summed E-state index contributed by atoms with van der Waals surface area (Å²) in [5, 5.41) is 0. The quantitative estimate of drug-likeness (QED) is 0.501. The van der Waals surface area contributed by atoms with E-state index in [4.69, 9.17) is 4.74 Å². The van der Waals surface area contributed by atoms with Crippen molar-refractivity contribution in [1.82, 2.24) is 0 Å². The summed E-state index contributed by atoms with van der Waals surface area (Å²) >= 11 is 0. The van der Waals surface area contributed by atoms with E-state index in [-0.39, 0.29) is 11.5 Å². The molecule has 0 amide bonds. The summed E-state index contributed by atoms with van der Waals surface area (Å²) in [7, 11) is 0. The maximum atomic E-state index is 5.53. The Balaban J connectivity index is 2.39. The third kappa shape index (κ3) is 1.98. The van der Waals surface area contributed by atoms with Crippen molar-refractivity contribution in [2.45, 2.75) is 39.7 Å². The van der Waals surface area contributed by atoms with Gasteiger partial charge in [-0.1, -0.05) is 20.8 Å². The Hall–Kier alpha value is -0.0400. The Kier molecular flexibility index (Phi) is 2.35. The van der Waals surface area contributed by atoms with Crippen LogP contribution in [0.1, 0.15) is 33.6 Å². The SMILES string of the molecule is CC(C)(C)C1[C]CCCO1. The van der Waals surface area contributed by atoms with E-state index >= 15 is 0 Å². The molecule has 1 heteroatoms. The van der Waals surface area contributed by atoms with Crippen molar-refractivity contribution >= 4 is 0 Å². The third-order valence-corrected chi connectivity index (χ3v) is 1.72. The lowest BCUT2D eigenvalue weighted by atomic mass is 9.85. The molecule has 1 nitrogen and oxygen atoms in total. The van der Waals surface area contributed by atoms with Crippen molar-refractivity contribution in [3.05, 3.63) is 6.42 Å². The molecule has 2 radical (unpaired) electrons. The lowest BCUT2D eigenvalue weighted by molar-refractivity contribution is -0.0161. The van der Waals surface area contributed by atoms with E-state index in [1.807, 2.05) is 0 Å². The summed E-state index contributed by atoms with van der Waals surface area (Å²) in [6.45, 7) is 7.48. The van der Waals surface area contributed by atoms with Crippen LogP contribution in [-0.4, -0.2) is 12.7 Å². The molecule has 0 saturated carbocycles. The van der Waals surface area contributed by atoms with Crippen molar-refractivity contribution < 1.29 is 4.74 Å². The first-order valence-corrected chi connectivity index (χ1v) is 3.96. The van der Waals surface area contributed by atoms with Crippen molar-refractivity contribution in [3.63, 3.8) is 0 Å². The number of ether oxygens (including phenoxy) is 1. The summed E-state index contributed by atoms with van der Waals surface area (Å²) in [6, 6.07) is 0. The van der Waals surface area contributed by atoms with Gasteiger partial charge in [-0.2, -0.15) is 0 Å². The molecule has 1 fully saturated rings. The van der Waals surface area contributed by atoms with Gasteiger partial charge in [0.2, 0.25) is 0 Å². The molecular formula is C9H16O. The molecule has 1 aliphatic heterocycles. The normalized spacial score (nSPS) is 28.5. The number of hydrogen-bond acceptors (Lipinski definition) is 1. The summed E-state index contributed by atoms with van der Waals surface area (Å²) in [5.41, 5.74) is 0.237. The topological polar surface area (TPSA) is 9.23 Å². The van der Waals surface area contributed by atoms with Gasteiger partial charge in [-0.25, -0.2) is 0 Å². The number of rotatable bonds is 0. The molecular weight excluding hydrogens is 124 g/mol. The van der Waals surface area contributed by atoms with Gasteiger partial charge in [0, 0.05) is 13.0 Å². The molecule has 1 saturated heterocycles. The van der Waals surface area contributed by atoms with Crippen molar-refractivity contribution in [3.8, 4) is 0 Å². The smallest absolute Gasteiger partial charge is 0.0692 e. The molecule has 1 heterocycles. The Morgan fingerprint density at radius 1 is 1.40 bits per heavy atom. The molecule has 1 rings (SSSR count). The van der Waals surface area contributed by atoms with E-state index in [1.165, 1.54) is 0 Å². The predicted octanol–water partition coefficient (Wildman–Crippen LogP) is 2.29. The Labute approximate surface area is 63.8 Å². The second-order valence-corrected chi connectivity index (χ2v) is 3.92. The third-order valence-electron chi connectivity index (χ3n) is 1.72. The molecule has 58 valence electrons. The summed E-state index contributed by atoms with van der Waals surface area (Å²) in [5.74, 6) is 0. The van der Waals surface area contributed by atoms with Gasteiger partial charge < -0.3 is 4.74 Å². The molecule has 0 N–H and O–H groups in total. The van der Waals surface area contributed by atoms with Crippen molar-refractivity contribution in [1.29, 1.82) is 0 Å². The highest BCUT2D eigenvalue weighted by Gasteiger charge is 2.27. The monoisotopic (exact) mass is 140 g/mol. The first-order valence-electron chi connectivity index (χ1n) is 3.96. The molecule has 0 aliphatic carbocycles. The van der Waals surface area contributed by atoms with Gasteiger partial charge in [0.15, 0.2) is 0 Å². The lowest BCUT2D eigenvalue weighted by Gasteiger charge is -2.33. The minimum atomic E-state index is 0.237. The van der Waals surface area contributed by atoms with Crippen molar-refractivity contribution in [2.24, 2.45) is 5.41 Å². The zero-order valence-electron chi connectivity index (χ0n) is 7.11. The zero-order chi connectivity index (χ0) is 7.61. The van der Waals surface area contributed by atoms with Crippen LogP contribution >= 0.6 is 0 Å². The fourth-order valence-electron chi connectivity index (χ4n) is 1.12. The van der Waals surface area contributed by atoms with Crippen LogP contribution in [0.5, 0.6) is 0 Å². The Morgan fingerprint density at radius 2 is 2.10 bits per heavy atom. The summed E-state index contributed by atoms with van der Waals surface area (Å²) in [4.78, 5) is 0. The average molecular weight is 140 g/mol. The van der Waals surface area contributed by atoms with Crippen LogP contribution in [0.4, 0.5) is 0 Å². The van der Waals surface area contributed by atoms with Crippen LogP contribution in [0, 0.1) is 11.8 Å². The molecule has 0 aromatic heterocycles. The molecule has 0 bridgehead atoms. The Morgan fingerprint density at radius 3 is 2.40 bits per heavy atom. The highest BCUT2D eigenvalue weighted by molar-refractivity contribution is 4.89. The van der Waals surface area contributed by atoms with Crippen LogP contribution in [-0.2, 0) is 4.74 Å². The van der Waals surface area contributed by atoms with Gasteiger partial charge in [-0.15, -0.1) is 0 Å². The van der Waals surface area contributed by atoms with Gasteiger partial charge >= 0.3 is 0 Å². The fraction of sp³-hybridized carbons (Fsp3) is 0.889. The number of hydrogen-bond donors (Lipinski definition) is 0. The average Bonchev–Trinajstić information content (AvgIpc) is 1.88. The molecule has 1 atom stereocenters. The van der Waals surface area contributed by atoms with Crippen LogP contribution in [0.15, 0.2) is 0 Å². The van der Waals surface area contributed by atoms with Crippen LogP contribution in [0.25, 0.3) is 0 Å². The van der Waals surface area contributed by atoms with E-state index in [0.29, 0.717) is 0 Å². The van der Waals surface area contributed by atoms with E-state index in [0.717, 1.165) is 19.4 Å². The molecule has 1 aliphatic rings. The van der Waals surface area contributed by atoms with Crippen LogP contribution in [0.3, 0.4) is 0 Å². The van der Waals surface area contributed by atoms with E-state index in [9.17, 15) is 0 Å². The summed E-state index contributed by atoms with van der Waals surface area (Å²) in [6.07, 6.45) is 5.83. The second-order valence-electron chi connectivity index (χ2n) is 3.92. The molecule has 1 unspecified atom stereocenters. The Bertz CT molecular complexity index is 95.8. The van der Waals surface area contributed by atoms with E-state index in [2.05, 4.69) is 27.2 Å². The largest absolute Gasteiger partial charge is 0.377 e. The predicted molar refractivity (Wildman–Crippen MR) is 41.7 cm³/mol. The van der Waals surface area contributed by atoms with Gasteiger partial charge in [-0.3, -0.25) is 0 Å². The zero-order valence-corrected chi connectivity index (χ0v) is 7.11. The minimum absolute atomic E-state index is 0.237. The van der Waals surface area contributed by atoms with Crippen LogP contribution < -0.4 is 0 Å². The molecule has 0 spiro atoms. The summed E-state index contributed by atoms with van der Waals surface area (Å²) < 4.78 is 5.53. The molecule has 0 aromatic carbocycles. The highest BCUT2D eigenvalue weighted by atomic mass is 16.5. The van der Waals surface area contributed by atoms with Gasteiger partial charge in [0.25, 0.3) is 0 Å². The first-order chi connectivity index (χ1) is 4.61. The fourth-order valence-corrected chi connectivity index (χ4v) is 1.12. The van der Waals surface area contributed by atoms with E-state index in [1.54, 1.807) is 0 Å². The standard InChI is InChI=1S/C9H16O/c1-9(2,3)8-6-4-5-7-10-8/h8H,4-5,7H2,1-3H3. The maximum Gasteiger partial charge on any atom is 0.0692 e. The molecule has 10 heavy (non-hydrogen) atoms. The first kappa shape index (κ1) is 8.06. The maximum absolute atomic E-state index is 5.53. The van der Waals surface area contributed by atoms with E-state index < -0.39 is 0 Å².